The van der Waals surface area contributed by atoms with Crippen LogP contribution in [0.4, 0.5) is 0 Å². The molecule has 0 aliphatic heterocycles. The lowest BCUT2D eigenvalue weighted by Gasteiger charge is -2.12. The van der Waals surface area contributed by atoms with Gasteiger partial charge in [-0.3, -0.25) is 0 Å². The van der Waals surface area contributed by atoms with Crippen molar-refractivity contribution in [2.45, 2.75) is 20.3 Å². The molecule has 0 aliphatic carbocycles. The maximum Gasteiger partial charge on any atom is 0.161 e. The van der Waals surface area contributed by atoms with Crippen LogP contribution in [-0.4, -0.2) is 24.9 Å². The predicted octanol–water partition coefficient (Wildman–Crippen LogP) is 2.48. The van der Waals surface area contributed by atoms with Gasteiger partial charge < -0.3 is 14.6 Å². The summed E-state index contributed by atoms with van der Waals surface area (Å²) >= 11 is 0. The third-order valence-electron chi connectivity index (χ3n) is 2.15. The molecule has 0 aliphatic rings. The van der Waals surface area contributed by atoms with E-state index in [1.54, 1.807) is 0 Å². The second-order valence-electron chi connectivity index (χ2n) is 4.05. The lowest BCUT2D eigenvalue weighted by Crippen LogP contribution is -2.05. The quantitative estimate of drug-likeness (QED) is 0.773. The largest absolute Gasteiger partial charge is 0.490 e. The number of benzene rings is 1. The fourth-order valence-electron chi connectivity index (χ4n) is 1.25. The molecule has 0 amide bonds. The smallest absolute Gasteiger partial charge is 0.161 e. The molecule has 0 radical (unpaired) electrons. The van der Waals surface area contributed by atoms with Gasteiger partial charge in [-0.1, -0.05) is 26.0 Å². The Kier molecular flexibility index (Phi) is 5.72. The molecule has 16 heavy (non-hydrogen) atoms. The summed E-state index contributed by atoms with van der Waals surface area (Å²) in [4.78, 5) is 0. The van der Waals surface area contributed by atoms with Crippen LogP contribution < -0.4 is 9.47 Å². The van der Waals surface area contributed by atoms with E-state index < -0.39 is 0 Å². The first-order chi connectivity index (χ1) is 7.74. The van der Waals surface area contributed by atoms with E-state index in [0.717, 1.165) is 12.2 Å². The van der Waals surface area contributed by atoms with Gasteiger partial charge in [-0.25, -0.2) is 0 Å². The van der Waals surface area contributed by atoms with Crippen molar-refractivity contribution in [3.05, 3.63) is 24.3 Å². The van der Waals surface area contributed by atoms with Gasteiger partial charge in [-0.2, -0.15) is 0 Å². The maximum atomic E-state index is 8.70. The molecule has 0 unspecified atom stereocenters. The summed E-state index contributed by atoms with van der Waals surface area (Å²) in [6.45, 7) is 5.33. The van der Waals surface area contributed by atoms with Gasteiger partial charge in [0.1, 0.15) is 6.61 Å². The Bertz CT molecular complexity index is 297. The maximum absolute atomic E-state index is 8.70. The van der Waals surface area contributed by atoms with Gasteiger partial charge in [0, 0.05) is 0 Å². The van der Waals surface area contributed by atoms with Crippen LogP contribution in [0, 0.1) is 5.92 Å². The lowest BCUT2D eigenvalue weighted by atomic mass is 10.1. The first-order valence-electron chi connectivity index (χ1n) is 5.69. The predicted molar refractivity (Wildman–Crippen MR) is 64.0 cm³/mol. The van der Waals surface area contributed by atoms with Crippen LogP contribution in [0.2, 0.25) is 0 Å². The van der Waals surface area contributed by atoms with Crippen LogP contribution in [0.1, 0.15) is 20.3 Å². The summed E-state index contributed by atoms with van der Waals surface area (Å²) in [6, 6.07) is 7.53. The highest BCUT2D eigenvalue weighted by atomic mass is 16.5. The summed E-state index contributed by atoms with van der Waals surface area (Å²) in [5, 5.41) is 8.70. The molecule has 0 aromatic heterocycles. The summed E-state index contributed by atoms with van der Waals surface area (Å²) in [7, 11) is 0. The van der Waals surface area contributed by atoms with Crippen molar-refractivity contribution in [3.63, 3.8) is 0 Å². The van der Waals surface area contributed by atoms with Gasteiger partial charge in [-0.15, -0.1) is 0 Å². The molecule has 0 saturated carbocycles. The van der Waals surface area contributed by atoms with Gasteiger partial charge >= 0.3 is 0 Å². The van der Waals surface area contributed by atoms with Crippen LogP contribution in [-0.2, 0) is 0 Å². The van der Waals surface area contributed by atoms with E-state index in [4.69, 9.17) is 14.6 Å². The van der Waals surface area contributed by atoms with E-state index in [-0.39, 0.29) is 6.61 Å². The summed E-state index contributed by atoms with van der Waals surface area (Å²) in [5.41, 5.74) is 0. The van der Waals surface area contributed by atoms with Crippen molar-refractivity contribution in [1.82, 2.24) is 0 Å². The number of rotatable bonds is 7. The first-order valence-corrected chi connectivity index (χ1v) is 5.69. The second kappa shape index (κ2) is 7.12. The number of para-hydroxylation sites is 2. The van der Waals surface area contributed by atoms with Crippen LogP contribution in [0.15, 0.2) is 24.3 Å². The van der Waals surface area contributed by atoms with Crippen LogP contribution >= 0.6 is 0 Å². The molecule has 0 bridgehead atoms. The molecule has 1 rings (SSSR count). The van der Waals surface area contributed by atoms with Crippen molar-refractivity contribution in [2.75, 3.05) is 19.8 Å². The van der Waals surface area contributed by atoms with Crippen LogP contribution in [0.25, 0.3) is 0 Å². The highest BCUT2D eigenvalue weighted by Gasteiger charge is 2.04. The van der Waals surface area contributed by atoms with E-state index in [1.807, 2.05) is 24.3 Å². The minimum Gasteiger partial charge on any atom is -0.490 e. The van der Waals surface area contributed by atoms with Gasteiger partial charge in [-0.05, 0) is 24.5 Å². The SMILES string of the molecule is CC(C)CCOc1ccccc1OCCO. The third kappa shape index (κ3) is 4.53. The van der Waals surface area contributed by atoms with Crippen molar-refractivity contribution < 1.29 is 14.6 Å². The lowest BCUT2D eigenvalue weighted by molar-refractivity contribution is 0.192. The van der Waals surface area contributed by atoms with Crippen molar-refractivity contribution in [1.29, 1.82) is 0 Å². The highest BCUT2D eigenvalue weighted by Crippen LogP contribution is 2.26. The molecule has 1 aromatic carbocycles. The van der Waals surface area contributed by atoms with Crippen molar-refractivity contribution >= 4 is 0 Å². The number of hydrogen-bond donors (Lipinski definition) is 1. The van der Waals surface area contributed by atoms with E-state index >= 15 is 0 Å². The Morgan fingerprint density at radius 2 is 1.62 bits per heavy atom. The molecule has 90 valence electrons. The standard InChI is InChI=1S/C13H20O3/c1-11(2)7-9-15-12-5-3-4-6-13(12)16-10-8-14/h3-6,11,14H,7-10H2,1-2H3. The van der Waals surface area contributed by atoms with Crippen molar-refractivity contribution in [2.24, 2.45) is 5.92 Å². The fourth-order valence-corrected chi connectivity index (χ4v) is 1.25. The average molecular weight is 224 g/mol. The molecule has 0 saturated heterocycles. The Morgan fingerprint density at radius 1 is 1.06 bits per heavy atom. The van der Waals surface area contributed by atoms with Gasteiger partial charge in [0.2, 0.25) is 0 Å². The minimum absolute atomic E-state index is 0.0142. The third-order valence-corrected chi connectivity index (χ3v) is 2.15. The van der Waals surface area contributed by atoms with E-state index in [1.165, 1.54) is 0 Å². The zero-order valence-electron chi connectivity index (χ0n) is 9.98. The fraction of sp³-hybridized carbons (Fsp3) is 0.538. The Hall–Kier alpha value is -1.22. The molecule has 1 N–H and O–H groups in total. The van der Waals surface area contributed by atoms with E-state index in [9.17, 15) is 0 Å². The number of aliphatic hydroxyl groups excluding tert-OH is 1. The van der Waals surface area contributed by atoms with Crippen LogP contribution in [0.3, 0.4) is 0 Å². The molecule has 0 atom stereocenters. The van der Waals surface area contributed by atoms with Gasteiger partial charge in [0.05, 0.1) is 13.2 Å². The summed E-state index contributed by atoms with van der Waals surface area (Å²) < 4.78 is 11.0. The normalized spacial score (nSPS) is 10.5. The Balaban J connectivity index is 2.49. The summed E-state index contributed by atoms with van der Waals surface area (Å²) in [6.07, 6.45) is 1.02. The topological polar surface area (TPSA) is 38.7 Å². The molecule has 1 aromatic rings. The molecule has 3 heteroatoms. The summed E-state index contributed by atoms with van der Waals surface area (Å²) in [5.74, 6) is 2.07. The number of aliphatic hydroxyl groups is 1. The number of hydrogen-bond acceptors (Lipinski definition) is 3. The van der Waals surface area contributed by atoms with Crippen molar-refractivity contribution in [3.8, 4) is 11.5 Å². The highest BCUT2D eigenvalue weighted by molar-refractivity contribution is 5.39. The Morgan fingerprint density at radius 3 is 2.12 bits per heavy atom. The second-order valence-corrected chi connectivity index (χ2v) is 4.05. The molecule has 3 nitrogen and oxygen atoms in total. The monoisotopic (exact) mass is 224 g/mol. The van der Waals surface area contributed by atoms with E-state index in [2.05, 4.69) is 13.8 Å². The van der Waals surface area contributed by atoms with Gasteiger partial charge in [0.15, 0.2) is 11.5 Å². The minimum atomic E-state index is 0.0142. The van der Waals surface area contributed by atoms with Crippen LogP contribution in [0.5, 0.6) is 11.5 Å². The molecule has 0 fully saturated rings. The first kappa shape index (κ1) is 12.8. The zero-order chi connectivity index (χ0) is 11.8. The zero-order valence-corrected chi connectivity index (χ0v) is 9.98. The average Bonchev–Trinajstić information content (AvgIpc) is 2.27. The van der Waals surface area contributed by atoms with Gasteiger partial charge in [0.25, 0.3) is 0 Å². The molecular formula is C13H20O3. The molecular weight excluding hydrogens is 204 g/mol. The number of ether oxygens (including phenoxy) is 2. The van der Waals surface area contributed by atoms with E-state index in [0.29, 0.717) is 24.9 Å². The molecule has 0 heterocycles. The molecule has 0 spiro atoms. The Labute approximate surface area is 97.0 Å².